The summed E-state index contributed by atoms with van der Waals surface area (Å²) in [7, 11) is -4.08. The molecule has 1 aromatic heterocycles. The van der Waals surface area contributed by atoms with Gasteiger partial charge in [-0.05, 0) is 37.6 Å². The lowest BCUT2D eigenvalue weighted by Gasteiger charge is -2.23. The Kier molecular flexibility index (Phi) is 8.00. The quantitative estimate of drug-likeness (QED) is 0.453. The summed E-state index contributed by atoms with van der Waals surface area (Å²) in [6.07, 6.45) is 5.80. The average molecular weight is 479 g/mol. The van der Waals surface area contributed by atoms with Gasteiger partial charge in [0, 0.05) is 42.6 Å². The number of aromatic nitrogens is 2. The third-order valence-electron chi connectivity index (χ3n) is 4.85. The van der Waals surface area contributed by atoms with Crippen molar-refractivity contribution in [2.24, 2.45) is 0 Å². The van der Waals surface area contributed by atoms with E-state index < -0.39 is 28.3 Å². The fourth-order valence-electron chi connectivity index (χ4n) is 3.07. The predicted octanol–water partition coefficient (Wildman–Crippen LogP) is 3.38. The summed E-state index contributed by atoms with van der Waals surface area (Å²) in [4.78, 5) is 16.5. The molecule has 3 rings (SSSR count). The van der Waals surface area contributed by atoms with Crippen LogP contribution in [-0.2, 0) is 27.9 Å². The number of hydrogen-bond donors (Lipinski definition) is 1. The van der Waals surface area contributed by atoms with Gasteiger partial charge in [0.1, 0.15) is 5.82 Å². The molecule has 0 aliphatic carbocycles. The highest BCUT2D eigenvalue weighted by molar-refractivity contribution is 7.89. The lowest BCUT2D eigenvalue weighted by atomic mass is 10.2. The third-order valence-corrected chi connectivity index (χ3v) is 7.01. The Bertz CT molecular complexity index is 1130. The van der Waals surface area contributed by atoms with Gasteiger partial charge in [-0.15, -0.1) is 0 Å². The van der Waals surface area contributed by atoms with E-state index in [-0.39, 0.29) is 22.0 Å². The van der Waals surface area contributed by atoms with Crippen LogP contribution in [0.25, 0.3) is 0 Å². The molecule has 0 bridgehead atoms. The maximum atomic E-state index is 14.4. The number of nitrogens with zero attached hydrogens (tertiary/aromatic N) is 3. The van der Waals surface area contributed by atoms with E-state index in [1.54, 1.807) is 24.7 Å². The second-order valence-corrected chi connectivity index (χ2v) is 9.64. The molecule has 0 fully saturated rings. The molecule has 32 heavy (non-hydrogen) atoms. The van der Waals surface area contributed by atoms with Gasteiger partial charge in [0.15, 0.2) is 0 Å². The van der Waals surface area contributed by atoms with Crippen LogP contribution in [-0.4, -0.2) is 41.3 Å². The normalized spacial score (nSPS) is 11.6. The molecule has 0 unspecified atom stereocenters. The Labute approximate surface area is 191 Å². The average Bonchev–Trinajstić information content (AvgIpc) is 3.27. The van der Waals surface area contributed by atoms with Crippen molar-refractivity contribution in [1.82, 2.24) is 19.2 Å². The number of sulfonamides is 1. The molecule has 10 heteroatoms. The number of rotatable bonds is 10. The second kappa shape index (κ2) is 10.7. The van der Waals surface area contributed by atoms with Gasteiger partial charge in [0.25, 0.3) is 0 Å². The monoisotopic (exact) mass is 478 g/mol. The van der Waals surface area contributed by atoms with Crippen LogP contribution in [0.4, 0.5) is 4.39 Å². The maximum absolute atomic E-state index is 14.4. The fourth-order valence-corrected chi connectivity index (χ4v) is 4.66. The topological polar surface area (TPSA) is 84.3 Å². The van der Waals surface area contributed by atoms with Gasteiger partial charge in [-0.3, -0.25) is 4.79 Å². The van der Waals surface area contributed by atoms with Gasteiger partial charge in [0.05, 0.1) is 17.8 Å². The van der Waals surface area contributed by atoms with Crippen molar-refractivity contribution in [3.63, 3.8) is 0 Å². The molecular formula is C22H24ClFN4O3S. The maximum Gasteiger partial charge on any atom is 0.243 e. The number of carbonyl (C=O) groups excluding carboxylic acids is 1. The van der Waals surface area contributed by atoms with E-state index in [0.717, 1.165) is 9.87 Å². The van der Waals surface area contributed by atoms with Crippen LogP contribution in [0.5, 0.6) is 0 Å². The number of halogens is 2. The van der Waals surface area contributed by atoms with Crippen LogP contribution >= 0.6 is 11.6 Å². The van der Waals surface area contributed by atoms with Gasteiger partial charge in [-0.2, -0.15) is 4.31 Å². The first-order valence-corrected chi connectivity index (χ1v) is 11.8. The largest absolute Gasteiger partial charge is 0.355 e. The minimum Gasteiger partial charge on any atom is -0.355 e. The van der Waals surface area contributed by atoms with E-state index in [9.17, 15) is 17.6 Å². The third kappa shape index (κ3) is 6.15. The van der Waals surface area contributed by atoms with Crippen molar-refractivity contribution in [3.05, 3.63) is 83.2 Å². The number of hydrogen-bond acceptors (Lipinski definition) is 4. The molecular weight excluding hydrogens is 455 g/mol. The zero-order valence-electron chi connectivity index (χ0n) is 17.5. The molecule has 170 valence electrons. The van der Waals surface area contributed by atoms with Crippen LogP contribution in [0.1, 0.15) is 17.5 Å². The van der Waals surface area contributed by atoms with Crippen LogP contribution < -0.4 is 5.32 Å². The van der Waals surface area contributed by atoms with Crippen LogP contribution in [0.3, 0.4) is 0 Å². The minimum atomic E-state index is -4.08. The van der Waals surface area contributed by atoms with Gasteiger partial charge in [0.2, 0.25) is 15.9 Å². The first-order chi connectivity index (χ1) is 15.3. The lowest BCUT2D eigenvalue weighted by Crippen LogP contribution is -2.41. The van der Waals surface area contributed by atoms with E-state index in [2.05, 4.69) is 10.3 Å². The lowest BCUT2D eigenvalue weighted by molar-refractivity contribution is -0.121. The predicted molar refractivity (Wildman–Crippen MR) is 120 cm³/mol. The van der Waals surface area contributed by atoms with E-state index in [4.69, 9.17) is 11.6 Å². The van der Waals surface area contributed by atoms with Crippen molar-refractivity contribution < 1.29 is 17.6 Å². The number of imidazole rings is 1. The smallest absolute Gasteiger partial charge is 0.243 e. The summed E-state index contributed by atoms with van der Waals surface area (Å²) >= 11 is 6.11. The minimum absolute atomic E-state index is 0.0118. The number of benzene rings is 2. The Hall–Kier alpha value is -2.75. The standard InChI is InChI=1S/C22H24ClFN4O3S/c1-17-6-8-18(9-7-17)32(30,31)28(14-19-20(23)4-2-5-21(19)24)15-22(29)26-10-3-12-27-13-11-25-16-27/h2,4-9,11,13,16H,3,10,12,14-15H2,1H3,(H,26,29). The first kappa shape index (κ1) is 23.9. The second-order valence-electron chi connectivity index (χ2n) is 7.29. The van der Waals surface area contributed by atoms with E-state index in [1.807, 2.05) is 17.7 Å². The first-order valence-electron chi connectivity index (χ1n) is 9.99. The zero-order valence-corrected chi connectivity index (χ0v) is 19.1. The summed E-state index contributed by atoms with van der Waals surface area (Å²) in [5.41, 5.74) is 0.904. The molecule has 1 heterocycles. The summed E-state index contributed by atoms with van der Waals surface area (Å²) in [6.45, 7) is 2.02. The molecule has 0 aliphatic heterocycles. The highest BCUT2D eigenvalue weighted by Gasteiger charge is 2.28. The molecule has 0 radical (unpaired) electrons. The van der Waals surface area contributed by atoms with Crippen molar-refractivity contribution >= 4 is 27.5 Å². The van der Waals surface area contributed by atoms with E-state index in [1.165, 1.54) is 30.3 Å². The van der Waals surface area contributed by atoms with Crippen LogP contribution in [0, 0.1) is 12.7 Å². The van der Waals surface area contributed by atoms with Crippen molar-refractivity contribution in [2.45, 2.75) is 31.3 Å². The van der Waals surface area contributed by atoms with Crippen molar-refractivity contribution in [1.29, 1.82) is 0 Å². The van der Waals surface area contributed by atoms with Gasteiger partial charge in [-0.1, -0.05) is 35.4 Å². The highest BCUT2D eigenvalue weighted by Crippen LogP contribution is 2.24. The molecule has 0 atom stereocenters. The van der Waals surface area contributed by atoms with Crippen molar-refractivity contribution in [3.8, 4) is 0 Å². The van der Waals surface area contributed by atoms with Crippen molar-refractivity contribution in [2.75, 3.05) is 13.1 Å². The molecule has 0 aliphatic rings. The molecule has 0 spiro atoms. The molecule has 1 N–H and O–H groups in total. The molecule has 0 saturated heterocycles. The summed E-state index contributed by atoms with van der Waals surface area (Å²) in [5.74, 6) is -1.12. The zero-order chi connectivity index (χ0) is 23.1. The van der Waals surface area contributed by atoms with E-state index >= 15 is 0 Å². The highest BCUT2D eigenvalue weighted by atomic mass is 35.5. The summed E-state index contributed by atoms with van der Waals surface area (Å²) in [6, 6.07) is 10.4. The Morgan fingerprint density at radius 1 is 1.22 bits per heavy atom. The molecule has 3 aromatic rings. The van der Waals surface area contributed by atoms with Crippen LogP contribution in [0.2, 0.25) is 5.02 Å². The van der Waals surface area contributed by atoms with Gasteiger partial charge < -0.3 is 9.88 Å². The Morgan fingerprint density at radius 3 is 2.62 bits per heavy atom. The summed E-state index contributed by atoms with van der Waals surface area (Å²) < 4.78 is 43.7. The van der Waals surface area contributed by atoms with E-state index in [0.29, 0.717) is 19.5 Å². The Balaban J connectivity index is 1.75. The van der Waals surface area contributed by atoms with Gasteiger partial charge in [-0.25, -0.2) is 17.8 Å². The summed E-state index contributed by atoms with van der Waals surface area (Å²) in [5, 5.41) is 2.81. The fraction of sp³-hybridized carbons (Fsp3) is 0.273. The Morgan fingerprint density at radius 2 is 1.97 bits per heavy atom. The molecule has 0 saturated carbocycles. The SMILES string of the molecule is Cc1ccc(S(=O)(=O)N(CC(=O)NCCCn2ccnc2)Cc2c(F)cccc2Cl)cc1. The van der Waals surface area contributed by atoms with Crippen LogP contribution in [0.15, 0.2) is 66.1 Å². The molecule has 2 aromatic carbocycles. The number of nitrogens with one attached hydrogen (secondary N) is 1. The molecule has 7 nitrogen and oxygen atoms in total. The number of aryl methyl sites for hydroxylation is 2. The number of amides is 1. The van der Waals surface area contributed by atoms with Gasteiger partial charge >= 0.3 is 0 Å². The molecule has 1 amide bonds. The number of carbonyl (C=O) groups is 1.